The lowest BCUT2D eigenvalue weighted by Crippen LogP contribution is -2.44. The van der Waals surface area contributed by atoms with Crippen molar-refractivity contribution in [2.45, 2.75) is 31.5 Å². The van der Waals surface area contributed by atoms with Crippen LogP contribution in [0.1, 0.15) is 41.5 Å². The summed E-state index contributed by atoms with van der Waals surface area (Å²) in [5.74, 6) is 0.964. The minimum atomic E-state index is -0.212. The van der Waals surface area contributed by atoms with Crippen molar-refractivity contribution in [2.24, 2.45) is 0 Å². The number of rotatable bonds is 5. The fraction of sp³-hybridized carbons (Fsp3) is 0.310. The van der Waals surface area contributed by atoms with Crippen molar-refractivity contribution in [1.82, 2.24) is 4.90 Å². The first-order chi connectivity index (χ1) is 16.2. The number of ether oxygens (including phenoxy) is 2. The molecule has 0 unspecified atom stereocenters. The molecule has 1 saturated heterocycles. The van der Waals surface area contributed by atoms with E-state index in [4.69, 9.17) is 21.1 Å². The van der Waals surface area contributed by atoms with Crippen LogP contribution >= 0.6 is 11.6 Å². The predicted molar refractivity (Wildman–Crippen MR) is 135 cm³/mol. The van der Waals surface area contributed by atoms with Crippen molar-refractivity contribution in [3.05, 3.63) is 106 Å². The fourth-order valence-corrected chi connectivity index (χ4v) is 5.26. The van der Waals surface area contributed by atoms with E-state index in [1.165, 1.54) is 27.8 Å². The highest BCUT2D eigenvalue weighted by atomic mass is 35.5. The van der Waals surface area contributed by atoms with E-state index < -0.39 is 0 Å². The fourth-order valence-electron chi connectivity index (χ4n) is 5.14. The van der Waals surface area contributed by atoms with E-state index in [1.54, 1.807) is 0 Å². The van der Waals surface area contributed by atoms with Gasteiger partial charge in [0.05, 0.1) is 5.60 Å². The zero-order valence-electron chi connectivity index (χ0n) is 19.1. The van der Waals surface area contributed by atoms with Gasteiger partial charge in [-0.25, -0.2) is 0 Å². The third kappa shape index (κ3) is 4.59. The first kappa shape index (κ1) is 22.2. The van der Waals surface area contributed by atoms with Crippen LogP contribution in [0.5, 0.6) is 5.75 Å². The molecule has 0 atom stereocenters. The Bertz CT molecular complexity index is 1080. The van der Waals surface area contributed by atoms with Crippen molar-refractivity contribution in [3.63, 3.8) is 0 Å². The quantitative estimate of drug-likeness (QED) is 0.424. The van der Waals surface area contributed by atoms with Crippen molar-refractivity contribution >= 4 is 17.2 Å². The Morgan fingerprint density at radius 3 is 2.39 bits per heavy atom. The first-order valence-corrected chi connectivity index (χ1v) is 12.1. The molecular weight excluding hydrogens is 430 g/mol. The van der Waals surface area contributed by atoms with Gasteiger partial charge in [-0.05, 0) is 59.7 Å². The summed E-state index contributed by atoms with van der Waals surface area (Å²) in [5.41, 5.74) is 6.00. The number of nitrogens with zero attached hydrogens (tertiary/aromatic N) is 1. The van der Waals surface area contributed by atoms with Gasteiger partial charge >= 0.3 is 0 Å². The van der Waals surface area contributed by atoms with Gasteiger partial charge in [0.15, 0.2) is 0 Å². The van der Waals surface area contributed by atoms with E-state index >= 15 is 0 Å². The molecule has 2 aliphatic heterocycles. The molecule has 0 amide bonds. The Balaban J connectivity index is 1.29. The molecule has 0 aliphatic carbocycles. The van der Waals surface area contributed by atoms with Gasteiger partial charge in [-0.3, -0.25) is 0 Å². The number of methoxy groups -OCH3 is 1. The van der Waals surface area contributed by atoms with Crippen LogP contribution in [0.3, 0.4) is 0 Å². The minimum absolute atomic E-state index is 0.212. The maximum absolute atomic E-state index is 6.11. The van der Waals surface area contributed by atoms with Crippen molar-refractivity contribution < 1.29 is 9.47 Å². The predicted octanol–water partition coefficient (Wildman–Crippen LogP) is 6.69. The molecule has 2 heterocycles. The highest BCUT2D eigenvalue weighted by Gasteiger charge is 2.36. The summed E-state index contributed by atoms with van der Waals surface area (Å²) in [4.78, 5) is 2.55. The topological polar surface area (TPSA) is 21.7 Å². The lowest BCUT2D eigenvalue weighted by molar-refractivity contribution is -0.0621. The van der Waals surface area contributed by atoms with Gasteiger partial charge in [0, 0.05) is 37.3 Å². The van der Waals surface area contributed by atoms with Gasteiger partial charge in [0.2, 0.25) is 0 Å². The Kier molecular flexibility index (Phi) is 6.55. The van der Waals surface area contributed by atoms with Gasteiger partial charge in [0.1, 0.15) is 12.4 Å². The molecule has 0 radical (unpaired) electrons. The summed E-state index contributed by atoms with van der Waals surface area (Å²) in [6.45, 7) is 3.70. The molecule has 4 heteroatoms. The van der Waals surface area contributed by atoms with E-state index in [1.807, 2.05) is 25.3 Å². The average molecular weight is 460 g/mol. The van der Waals surface area contributed by atoms with Gasteiger partial charge in [0.25, 0.3) is 0 Å². The molecule has 3 aromatic carbocycles. The van der Waals surface area contributed by atoms with E-state index in [2.05, 4.69) is 65.6 Å². The number of hydrogen-bond donors (Lipinski definition) is 0. The number of likely N-dealkylation sites (tertiary alicyclic amines) is 1. The van der Waals surface area contributed by atoms with Crippen LogP contribution in [0.15, 0.2) is 78.9 Å². The molecule has 0 aromatic heterocycles. The number of fused-ring (bicyclic) bond motifs is 2. The highest BCUT2D eigenvalue weighted by Crippen LogP contribution is 2.38. The van der Waals surface area contributed by atoms with Crippen LogP contribution in [0.25, 0.3) is 5.57 Å². The second kappa shape index (κ2) is 9.72. The first-order valence-electron chi connectivity index (χ1n) is 11.7. The molecule has 3 aromatic rings. The van der Waals surface area contributed by atoms with Crippen LogP contribution in [-0.4, -0.2) is 31.6 Å². The van der Waals surface area contributed by atoms with Crippen LogP contribution in [-0.2, 0) is 16.9 Å². The number of para-hydroxylation sites is 1. The largest absolute Gasteiger partial charge is 0.488 e. The van der Waals surface area contributed by atoms with Crippen LogP contribution in [0.2, 0.25) is 5.02 Å². The van der Waals surface area contributed by atoms with Gasteiger partial charge in [-0.1, -0.05) is 72.3 Å². The lowest BCUT2D eigenvalue weighted by atomic mass is 9.84. The van der Waals surface area contributed by atoms with E-state index in [9.17, 15) is 0 Å². The zero-order valence-corrected chi connectivity index (χ0v) is 19.9. The number of hydrogen-bond acceptors (Lipinski definition) is 3. The Labute approximate surface area is 201 Å². The van der Waals surface area contributed by atoms with Gasteiger partial charge < -0.3 is 14.4 Å². The number of benzene rings is 3. The summed E-state index contributed by atoms with van der Waals surface area (Å²) in [6.07, 6.45) is 5.37. The molecular formula is C29H30ClNO2. The number of piperidine rings is 1. The molecule has 0 saturated carbocycles. The SMILES string of the molecule is COC1(c2ccc(Cl)cc2)CCN(CC/C=C2\c3ccccc3COc3ccccc32)CC1. The summed E-state index contributed by atoms with van der Waals surface area (Å²) in [7, 11) is 1.83. The summed E-state index contributed by atoms with van der Waals surface area (Å²) in [5, 5.41) is 0.766. The summed E-state index contributed by atoms with van der Waals surface area (Å²) >= 11 is 6.09. The summed E-state index contributed by atoms with van der Waals surface area (Å²) in [6, 6.07) is 25.1. The van der Waals surface area contributed by atoms with Crippen molar-refractivity contribution in [1.29, 1.82) is 0 Å². The molecule has 3 nitrogen and oxygen atoms in total. The third-order valence-electron chi connectivity index (χ3n) is 7.09. The normalized spacial score (nSPS) is 18.8. The van der Waals surface area contributed by atoms with E-state index in [0.29, 0.717) is 6.61 Å². The lowest BCUT2D eigenvalue weighted by Gasteiger charge is -2.41. The van der Waals surface area contributed by atoms with E-state index in [0.717, 1.165) is 49.7 Å². The Hall–Kier alpha value is -2.59. The Morgan fingerprint density at radius 1 is 0.939 bits per heavy atom. The second-order valence-corrected chi connectivity index (χ2v) is 9.33. The smallest absolute Gasteiger partial charge is 0.127 e. The maximum atomic E-state index is 6.11. The molecule has 0 N–H and O–H groups in total. The monoisotopic (exact) mass is 459 g/mol. The molecule has 1 fully saturated rings. The van der Waals surface area contributed by atoms with Gasteiger partial charge in [-0.15, -0.1) is 0 Å². The minimum Gasteiger partial charge on any atom is -0.488 e. The number of halogens is 1. The van der Waals surface area contributed by atoms with E-state index in [-0.39, 0.29) is 5.60 Å². The molecule has 170 valence electrons. The molecule has 0 bridgehead atoms. The van der Waals surface area contributed by atoms with Crippen LogP contribution in [0.4, 0.5) is 0 Å². The average Bonchev–Trinajstić information content (AvgIpc) is 3.02. The molecule has 33 heavy (non-hydrogen) atoms. The van der Waals surface area contributed by atoms with Crippen LogP contribution in [0, 0.1) is 0 Å². The Morgan fingerprint density at radius 2 is 1.64 bits per heavy atom. The zero-order chi connectivity index (χ0) is 22.7. The molecule has 5 rings (SSSR count). The van der Waals surface area contributed by atoms with Gasteiger partial charge in [-0.2, -0.15) is 0 Å². The third-order valence-corrected chi connectivity index (χ3v) is 7.34. The molecule has 0 spiro atoms. The molecule has 2 aliphatic rings. The maximum Gasteiger partial charge on any atom is 0.127 e. The van der Waals surface area contributed by atoms with Crippen molar-refractivity contribution in [2.75, 3.05) is 26.7 Å². The standard InChI is InChI=1S/C29H30ClNO2/c1-32-29(23-12-14-24(30)15-13-23)16-19-31(20-17-29)18-6-10-26-25-8-3-2-7-22(25)21-33-28-11-5-4-9-27(26)28/h2-5,7-15H,6,16-21H2,1H3/b26-10+. The van der Waals surface area contributed by atoms with Crippen molar-refractivity contribution in [3.8, 4) is 5.75 Å². The van der Waals surface area contributed by atoms with Crippen LogP contribution < -0.4 is 4.74 Å². The summed E-state index contributed by atoms with van der Waals surface area (Å²) < 4.78 is 12.2. The second-order valence-electron chi connectivity index (χ2n) is 8.90. The highest BCUT2D eigenvalue weighted by molar-refractivity contribution is 6.30.